The maximum atomic E-state index is 12.4. The molecule has 0 radical (unpaired) electrons. The van der Waals surface area contributed by atoms with Crippen LogP contribution in [0.3, 0.4) is 0 Å². The second-order valence-corrected chi connectivity index (χ2v) is 4.41. The van der Waals surface area contributed by atoms with Gasteiger partial charge in [-0.3, -0.25) is 4.79 Å². The predicted octanol–water partition coefficient (Wildman–Crippen LogP) is 2.71. The van der Waals surface area contributed by atoms with E-state index >= 15 is 0 Å². The number of Topliss-reactive ketones (excluding diaryl/α,β-unsaturated/α-hetero) is 1. The minimum atomic E-state index is -0.0227. The molecule has 0 heterocycles. The molecule has 0 fully saturated rings. The van der Waals surface area contributed by atoms with Gasteiger partial charge in [0.25, 0.3) is 0 Å². The van der Waals surface area contributed by atoms with Gasteiger partial charge in [0.1, 0.15) is 11.5 Å². The zero-order valence-electron chi connectivity index (χ0n) is 11.6. The quantitative estimate of drug-likeness (QED) is 0.671. The molecule has 0 saturated carbocycles. The lowest BCUT2D eigenvalue weighted by atomic mass is 10.0. The first-order chi connectivity index (χ1) is 9.63. The third-order valence-corrected chi connectivity index (χ3v) is 3.05. The second-order valence-electron chi connectivity index (χ2n) is 4.41. The summed E-state index contributed by atoms with van der Waals surface area (Å²) < 4.78 is 10.4. The largest absolute Gasteiger partial charge is 0.497 e. The average molecular weight is 271 g/mol. The van der Waals surface area contributed by atoms with E-state index in [1.165, 1.54) is 0 Å². The Kier molecular flexibility index (Phi) is 4.25. The molecule has 20 heavy (non-hydrogen) atoms. The number of methoxy groups -OCH3 is 2. The van der Waals surface area contributed by atoms with E-state index in [1.54, 1.807) is 44.6 Å². The third-order valence-electron chi connectivity index (χ3n) is 3.05. The first-order valence-corrected chi connectivity index (χ1v) is 6.23. The molecule has 2 aromatic carbocycles. The lowest BCUT2D eigenvalue weighted by molar-refractivity contribution is 0.0989. The molecule has 0 aromatic heterocycles. The molecule has 2 N–H and O–H groups in total. The van der Waals surface area contributed by atoms with Crippen molar-refractivity contribution < 1.29 is 14.3 Å². The van der Waals surface area contributed by atoms with Gasteiger partial charge in [0.2, 0.25) is 0 Å². The Bertz CT molecular complexity index is 606. The Balaban J connectivity index is 2.25. The number of hydrogen-bond acceptors (Lipinski definition) is 4. The Morgan fingerprint density at radius 1 is 1.05 bits per heavy atom. The summed E-state index contributed by atoms with van der Waals surface area (Å²) >= 11 is 0. The summed E-state index contributed by atoms with van der Waals surface area (Å²) in [6, 6.07) is 12.4. The first-order valence-electron chi connectivity index (χ1n) is 6.23. The van der Waals surface area contributed by atoms with Crippen LogP contribution in [-0.2, 0) is 6.42 Å². The van der Waals surface area contributed by atoms with E-state index in [0.29, 0.717) is 29.2 Å². The molecule has 104 valence electrons. The predicted molar refractivity (Wildman–Crippen MR) is 78.4 cm³/mol. The lowest BCUT2D eigenvalue weighted by Gasteiger charge is -2.09. The fourth-order valence-corrected chi connectivity index (χ4v) is 1.95. The summed E-state index contributed by atoms with van der Waals surface area (Å²) in [5, 5.41) is 0. The molecular weight excluding hydrogens is 254 g/mol. The Labute approximate surface area is 118 Å². The highest BCUT2D eigenvalue weighted by molar-refractivity contribution is 6.00. The van der Waals surface area contributed by atoms with Crippen LogP contribution in [0.5, 0.6) is 11.5 Å². The van der Waals surface area contributed by atoms with Crippen LogP contribution in [0.15, 0.2) is 42.5 Å². The number of ether oxygens (including phenoxy) is 2. The van der Waals surface area contributed by atoms with Crippen molar-refractivity contribution in [2.24, 2.45) is 0 Å². The maximum absolute atomic E-state index is 12.4. The van der Waals surface area contributed by atoms with E-state index in [1.807, 2.05) is 12.1 Å². The van der Waals surface area contributed by atoms with Gasteiger partial charge in [0.05, 0.1) is 19.8 Å². The van der Waals surface area contributed by atoms with Crippen molar-refractivity contribution in [3.05, 3.63) is 53.6 Å². The summed E-state index contributed by atoms with van der Waals surface area (Å²) in [5.41, 5.74) is 7.74. The summed E-state index contributed by atoms with van der Waals surface area (Å²) in [5.74, 6) is 1.16. The van der Waals surface area contributed by atoms with E-state index in [9.17, 15) is 4.79 Å². The molecular formula is C16H17NO3. The van der Waals surface area contributed by atoms with E-state index in [-0.39, 0.29) is 5.78 Å². The summed E-state index contributed by atoms with van der Waals surface area (Å²) in [6.45, 7) is 0. The van der Waals surface area contributed by atoms with Gasteiger partial charge < -0.3 is 15.2 Å². The zero-order valence-corrected chi connectivity index (χ0v) is 11.6. The van der Waals surface area contributed by atoms with Crippen LogP contribution in [0, 0.1) is 0 Å². The minimum absolute atomic E-state index is 0.0227. The maximum Gasteiger partial charge on any atom is 0.171 e. The minimum Gasteiger partial charge on any atom is -0.497 e. The van der Waals surface area contributed by atoms with Crippen molar-refractivity contribution in [2.45, 2.75) is 6.42 Å². The number of nitrogen functional groups attached to an aromatic ring is 1. The van der Waals surface area contributed by atoms with Gasteiger partial charge in [-0.05, 0) is 35.9 Å². The lowest BCUT2D eigenvalue weighted by Crippen LogP contribution is -2.06. The zero-order chi connectivity index (χ0) is 14.5. The molecule has 0 spiro atoms. The van der Waals surface area contributed by atoms with Crippen LogP contribution >= 0.6 is 0 Å². The number of rotatable bonds is 5. The molecule has 0 amide bonds. The molecule has 4 nitrogen and oxygen atoms in total. The van der Waals surface area contributed by atoms with Gasteiger partial charge in [-0.25, -0.2) is 0 Å². The highest BCUT2D eigenvalue weighted by atomic mass is 16.5. The van der Waals surface area contributed by atoms with Crippen molar-refractivity contribution >= 4 is 11.5 Å². The molecule has 0 aliphatic heterocycles. The Morgan fingerprint density at radius 3 is 2.35 bits per heavy atom. The molecule has 2 rings (SSSR count). The van der Waals surface area contributed by atoms with Gasteiger partial charge in [0, 0.05) is 12.1 Å². The molecule has 4 heteroatoms. The van der Waals surface area contributed by atoms with Crippen molar-refractivity contribution in [2.75, 3.05) is 20.0 Å². The van der Waals surface area contributed by atoms with Crippen molar-refractivity contribution in [3.8, 4) is 11.5 Å². The average Bonchev–Trinajstić information content (AvgIpc) is 2.48. The van der Waals surface area contributed by atoms with Crippen LogP contribution in [0.25, 0.3) is 0 Å². The van der Waals surface area contributed by atoms with Crippen molar-refractivity contribution in [1.82, 2.24) is 0 Å². The number of nitrogens with two attached hydrogens (primary N) is 1. The van der Waals surface area contributed by atoms with Crippen LogP contribution in [-0.4, -0.2) is 20.0 Å². The van der Waals surface area contributed by atoms with Gasteiger partial charge >= 0.3 is 0 Å². The van der Waals surface area contributed by atoms with Crippen LogP contribution in [0.2, 0.25) is 0 Å². The van der Waals surface area contributed by atoms with E-state index in [2.05, 4.69) is 0 Å². The van der Waals surface area contributed by atoms with E-state index < -0.39 is 0 Å². The third kappa shape index (κ3) is 3.09. The number of carbonyl (C=O) groups excluding carboxylic acids is 1. The molecule has 0 aliphatic rings. The van der Waals surface area contributed by atoms with Gasteiger partial charge in [0.15, 0.2) is 5.78 Å². The summed E-state index contributed by atoms with van der Waals surface area (Å²) in [4.78, 5) is 12.4. The monoisotopic (exact) mass is 271 g/mol. The molecule has 0 atom stereocenters. The molecule has 0 unspecified atom stereocenters. The van der Waals surface area contributed by atoms with E-state index in [0.717, 1.165) is 5.56 Å². The molecule has 0 saturated heterocycles. The normalized spacial score (nSPS) is 10.1. The topological polar surface area (TPSA) is 61.5 Å². The van der Waals surface area contributed by atoms with Crippen LogP contribution < -0.4 is 15.2 Å². The number of anilines is 1. The van der Waals surface area contributed by atoms with Gasteiger partial charge in [-0.2, -0.15) is 0 Å². The van der Waals surface area contributed by atoms with Gasteiger partial charge in [-0.1, -0.05) is 12.1 Å². The van der Waals surface area contributed by atoms with Gasteiger partial charge in [-0.15, -0.1) is 0 Å². The van der Waals surface area contributed by atoms with Crippen LogP contribution in [0.4, 0.5) is 5.69 Å². The number of ketones is 1. The highest BCUT2D eigenvalue weighted by Gasteiger charge is 2.14. The molecule has 2 aromatic rings. The standard InChI is InChI=1S/C16H17NO3/c1-19-13-7-8-16(20-2)14(10-13)15(18)9-11-3-5-12(17)6-4-11/h3-8,10H,9,17H2,1-2H3. The number of benzene rings is 2. The number of carbonyl (C=O) groups is 1. The summed E-state index contributed by atoms with van der Waals surface area (Å²) in [7, 11) is 3.11. The molecule has 0 bridgehead atoms. The van der Waals surface area contributed by atoms with E-state index in [4.69, 9.17) is 15.2 Å². The smallest absolute Gasteiger partial charge is 0.171 e. The Hall–Kier alpha value is -2.49. The second kappa shape index (κ2) is 6.10. The fraction of sp³-hybridized carbons (Fsp3) is 0.188. The summed E-state index contributed by atoms with van der Waals surface area (Å²) in [6.07, 6.45) is 0.295. The number of hydrogen-bond donors (Lipinski definition) is 1. The Morgan fingerprint density at radius 2 is 1.75 bits per heavy atom. The first kappa shape index (κ1) is 13.9. The van der Waals surface area contributed by atoms with Crippen molar-refractivity contribution in [3.63, 3.8) is 0 Å². The fourth-order valence-electron chi connectivity index (χ4n) is 1.95. The highest BCUT2D eigenvalue weighted by Crippen LogP contribution is 2.25. The van der Waals surface area contributed by atoms with Crippen molar-refractivity contribution in [1.29, 1.82) is 0 Å². The SMILES string of the molecule is COc1ccc(OC)c(C(=O)Cc2ccc(N)cc2)c1. The molecule has 0 aliphatic carbocycles. The van der Waals surface area contributed by atoms with Crippen LogP contribution in [0.1, 0.15) is 15.9 Å².